The van der Waals surface area contributed by atoms with Gasteiger partial charge < -0.3 is 15.5 Å². The van der Waals surface area contributed by atoms with Gasteiger partial charge in [-0.1, -0.05) is 35.1 Å². The number of nitrogens with one attached hydrogen (secondary N) is 2. The van der Waals surface area contributed by atoms with E-state index in [-0.39, 0.29) is 5.66 Å². The molecule has 0 unspecified atom stereocenters. The third-order valence-electron chi connectivity index (χ3n) is 6.75. The van der Waals surface area contributed by atoms with E-state index in [1.165, 1.54) is 16.9 Å². The molecule has 10 nitrogen and oxygen atoms in total. The maximum absolute atomic E-state index is 10.9. The molecule has 2 aromatic heterocycles. The van der Waals surface area contributed by atoms with Gasteiger partial charge in [0.2, 0.25) is 0 Å². The number of nitrogens with zero attached hydrogens (tertiary/aromatic N) is 7. The van der Waals surface area contributed by atoms with Crippen molar-refractivity contribution in [3.63, 3.8) is 0 Å². The fraction of sp³-hybridized carbons (Fsp3) is 0.429. The van der Waals surface area contributed by atoms with Crippen molar-refractivity contribution in [2.24, 2.45) is 10.2 Å². The second-order valence-electron chi connectivity index (χ2n) is 9.62. The molecule has 0 saturated carbocycles. The number of carbonyl (C=O) groups is 1. The predicted octanol–water partition coefficient (Wildman–Crippen LogP) is 5.58. The van der Waals surface area contributed by atoms with Crippen molar-refractivity contribution >= 4 is 51.7 Å². The van der Waals surface area contributed by atoms with Crippen LogP contribution in [0, 0.1) is 26.2 Å². The molecule has 40 heavy (non-hydrogen) atoms. The van der Waals surface area contributed by atoms with E-state index in [1.807, 2.05) is 45.2 Å². The lowest BCUT2D eigenvalue weighted by atomic mass is 10.0. The second kappa shape index (κ2) is 13.7. The Hall–Kier alpha value is -3.59. The number of para-hydroxylation sites is 1. The van der Waals surface area contributed by atoms with E-state index in [1.54, 1.807) is 6.20 Å². The SMILES string of the molecule is C#CCCC1(CCN2CCN(c3cc(Nc4ncc(C=O)s4)nc(C)n3)CC2)N=N1.CNc1c(C)cccc1Cl. The number of anilines is 4. The van der Waals surface area contributed by atoms with Gasteiger partial charge in [0.05, 0.1) is 21.8 Å². The zero-order chi connectivity index (χ0) is 28.5. The highest BCUT2D eigenvalue weighted by molar-refractivity contribution is 7.17. The average molecular weight is 580 g/mol. The Morgan fingerprint density at radius 2 is 1.95 bits per heavy atom. The fourth-order valence-electron chi connectivity index (χ4n) is 4.44. The van der Waals surface area contributed by atoms with Gasteiger partial charge in [-0.25, -0.2) is 15.0 Å². The molecule has 2 aliphatic rings. The summed E-state index contributed by atoms with van der Waals surface area (Å²) in [7, 11) is 1.87. The zero-order valence-electron chi connectivity index (χ0n) is 23.0. The predicted molar refractivity (Wildman–Crippen MR) is 162 cm³/mol. The summed E-state index contributed by atoms with van der Waals surface area (Å²) in [6.45, 7) is 8.60. The van der Waals surface area contributed by atoms with E-state index >= 15 is 0 Å². The molecule has 3 aromatic rings. The van der Waals surface area contributed by atoms with Gasteiger partial charge in [0, 0.05) is 65.1 Å². The number of aldehydes is 1. The molecular weight excluding hydrogens is 546 g/mol. The fourth-order valence-corrected chi connectivity index (χ4v) is 5.39. The Bertz CT molecular complexity index is 1350. The van der Waals surface area contributed by atoms with Crippen molar-refractivity contribution in [1.82, 2.24) is 19.9 Å². The Labute approximate surface area is 244 Å². The van der Waals surface area contributed by atoms with Gasteiger partial charge in [0.15, 0.2) is 17.1 Å². The molecule has 12 heteroatoms. The summed E-state index contributed by atoms with van der Waals surface area (Å²) in [6, 6.07) is 7.78. The highest BCUT2D eigenvalue weighted by Crippen LogP contribution is 2.36. The van der Waals surface area contributed by atoms with Crippen LogP contribution >= 0.6 is 22.9 Å². The molecule has 0 radical (unpaired) electrons. The minimum absolute atomic E-state index is 0.215. The Balaban J connectivity index is 0.000000312. The number of hydrogen-bond acceptors (Lipinski definition) is 11. The van der Waals surface area contributed by atoms with Gasteiger partial charge in [0.1, 0.15) is 17.5 Å². The first-order chi connectivity index (χ1) is 19.3. The molecular formula is C28H34ClN9OS. The number of piperazine rings is 1. The number of hydrogen-bond donors (Lipinski definition) is 2. The molecule has 210 valence electrons. The van der Waals surface area contributed by atoms with Crippen LogP contribution in [-0.4, -0.2) is 71.6 Å². The number of carbonyl (C=O) groups excluding carboxylic acids is 1. The number of aromatic nitrogens is 3. The van der Waals surface area contributed by atoms with E-state index in [0.29, 0.717) is 21.7 Å². The molecule has 2 aliphatic heterocycles. The first-order valence-electron chi connectivity index (χ1n) is 13.2. The van der Waals surface area contributed by atoms with Crippen molar-refractivity contribution in [1.29, 1.82) is 0 Å². The summed E-state index contributed by atoms with van der Waals surface area (Å²) >= 11 is 7.16. The third-order valence-corrected chi connectivity index (χ3v) is 7.90. The van der Waals surface area contributed by atoms with Gasteiger partial charge in [-0.15, -0.1) is 12.3 Å². The third kappa shape index (κ3) is 7.97. The summed E-state index contributed by atoms with van der Waals surface area (Å²) in [4.78, 5) is 29.4. The smallest absolute Gasteiger partial charge is 0.193 e. The van der Waals surface area contributed by atoms with Crippen molar-refractivity contribution in [2.45, 2.75) is 38.8 Å². The summed E-state index contributed by atoms with van der Waals surface area (Å²) < 4.78 is 0. The van der Waals surface area contributed by atoms with Gasteiger partial charge in [-0.3, -0.25) is 9.69 Å². The van der Waals surface area contributed by atoms with Crippen LogP contribution in [0.5, 0.6) is 0 Å². The zero-order valence-corrected chi connectivity index (χ0v) is 24.6. The van der Waals surface area contributed by atoms with E-state index < -0.39 is 0 Å². The van der Waals surface area contributed by atoms with Crippen LogP contribution in [0.2, 0.25) is 5.02 Å². The van der Waals surface area contributed by atoms with Crippen LogP contribution < -0.4 is 15.5 Å². The van der Waals surface area contributed by atoms with Crippen LogP contribution in [-0.2, 0) is 0 Å². The average Bonchev–Trinajstić information content (AvgIpc) is 3.59. The number of halogens is 1. The van der Waals surface area contributed by atoms with Gasteiger partial charge in [-0.2, -0.15) is 10.2 Å². The first-order valence-corrected chi connectivity index (χ1v) is 14.4. The van der Waals surface area contributed by atoms with E-state index in [2.05, 4.69) is 51.5 Å². The highest BCUT2D eigenvalue weighted by atomic mass is 35.5. The lowest BCUT2D eigenvalue weighted by Gasteiger charge is -2.35. The highest BCUT2D eigenvalue weighted by Gasteiger charge is 2.39. The lowest BCUT2D eigenvalue weighted by Crippen LogP contribution is -2.47. The van der Waals surface area contributed by atoms with Crippen molar-refractivity contribution in [3.8, 4) is 12.3 Å². The standard InChI is InChI=1S/C20H24N8OS.C8H10ClN/c1-3-4-5-20(25-26-20)6-7-27-8-10-28(11-9-27)18-12-17(22-15(2)23-18)24-19-21-13-16(14-29)30-19;1-6-4-3-5-7(9)8(6)10-2/h1,12-14H,4-11H2,2H3,(H,21,22,23,24);3-5,10H,1-2H3. The first kappa shape index (κ1) is 29.4. The topological polar surface area (TPSA) is 111 Å². The van der Waals surface area contributed by atoms with Crippen LogP contribution in [0.1, 0.15) is 40.3 Å². The molecule has 4 heterocycles. The monoisotopic (exact) mass is 579 g/mol. The van der Waals surface area contributed by atoms with Gasteiger partial charge >= 0.3 is 0 Å². The number of aryl methyl sites for hydroxylation is 2. The molecule has 0 atom stereocenters. The Kier molecular flexibility index (Phi) is 10.0. The maximum Gasteiger partial charge on any atom is 0.193 e. The molecule has 2 N–H and O–H groups in total. The molecule has 0 bridgehead atoms. The molecule has 1 aromatic carbocycles. The normalized spacial score (nSPS) is 15.5. The van der Waals surface area contributed by atoms with Crippen molar-refractivity contribution in [3.05, 3.63) is 51.7 Å². The Morgan fingerprint density at radius 1 is 1.18 bits per heavy atom. The maximum atomic E-state index is 10.9. The van der Waals surface area contributed by atoms with Crippen LogP contribution in [0.15, 0.2) is 40.7 Å². The minimum atomic E-state index is -0.215. The van der Waals surface area contributed by atoms with Crippen molar-refractivity contribution < 1.29 is 4.79 Å². The van der Waals surface area contributed by atoms with E-state index in [9.17, 15) is 4.79 Å². The van der Waals surface area contributed by atoms with Crippen LogP contribution in [0.4, 0.5) is 22.5 Å². The minimum Gasteiger partial charge on any atom is -0.387 e. The summed E-state index contributed by atoms with van der Waals surface area (Å²) in [6.07, 6.45) is 10.2. The number of thiazole rings is 1. The van der Waals surface area contributed by atoms with Crippen molar-refractivity contribution in [2.75, 3.05) is 55.3 Å². The molecule has 1 fully saturated rings. The lowest BCUT2D eigenvalue weighted by molar-refractivity contribution is 0.112. The number of rotatable bonds is 10. The molecule has 1 saturated heterocycles. The number of terminal acetylenes is 1. The molecule has 0 spiro atoms. The molecule has 0 amide bonds. The Morgan fingerprint density at radius 3 is 2.55 bits per heavy atom. The van der Waals surface area contributed by atoms with Gasteiger partial charge in [-0.05, 0) is 25.5 Å². The molecule has 5 rings (SSSR count). The van der Waals surface area contributed by atoms with E-state index in [4.69, 9.17) is 18.0 Å². The summed E-state index contributed by atoms with van der Waals surface area (Å²) in [5.74, 6) is 4.95. The summed E-state index contributed by atoms with van der Waals surface area (Å²) in [5.41, 5.74) is 1.98. The molecule has 0 aliphatic carbocycles. The number of benzene rings is 1. The quantitative estimate of drug-likeness (QED) is 0.237. The largest absolute Gasteiger partial charge is 0.387 e. The van der Waals surface area contributed by atoms with Crippen LogP contribution in [0.3, 0.4) is 0 Å². The van der Waals surface area contributed by atoms with E-state index in [0.717, 1.165) is 74.8 Å². The van der Waals surface area contributed by atoms with Crippen LogP contribution in [0.25, 0.3) is 0 Å². The second-order valence-corrected chi connectivity index (χ2v) is 11.1. The van der Waals surface area contributed by atoms with Gasteiger partial charge in [0.25, 0.3) is 0 Å². The summed E-state index contributed by atoms with van der Waals surface area (Å²) in [5, 5.41) is 16.1.